The molecule has 1 aromatic heterocycles. The zero-order valence-electron chi connectivity index (χ0n) is 29.6. The number of fused-ring (bicyclic) bond motifs is 5. The Morgan fingerprint density at radius 1 is 1.04 bits per heavy atom. The molecule has 3 fully saturated rings. The second-order valence-corrected chi connectivity index (χ2v) is 14.7. The summed E-state index contributed by atoms with van der Waals surface area (Å²) in [7, 11) is 1.08. The predicted octanol–water partition coefficient (Wildman–Crippen LogP) is 2.84. The van der Waals surface area contributed by atoms with E-state index in [1.165, 1.54) is 32.4 Å². The molecule has 4 aliphatic rings. The fourth-order valence-corrected chi connectivity index (χ4v) is 9.42. The van der Waals surface area contributed by atoms with E-state index >= 15 is 4.79 Å². The average Bonchev–Trinajstić information content (AvgIpc) is 3.58. The van der Waals surface area contributed by atoms with E-state index in [4.69, 9.17) is 28.1 Å². The molecule has 0 spiro atoms. The molecule has 272 valence electrons. The van der Waals surface area contributed by atoms with Crippen molar-refractivity contribution >= 4 is 35.6 Å². The Labute approximate surface area is 289 Å². The van der Waals surface area contributed by atoms with Gasteiger partial charge >= 0.3 is 29.8 Å². The van der Waals surface area contributed by atoms with E-state index in [1.54, 1.807) is 33.8 Å². The highest BCUT2D eigenvalue weighted by atomic mass is 16.6. The van der Waals surface area contributed by atoms with Crippen molar-refractivity contribution in [3.63, 3.8) is 0 Å². The first-order chi connectivity index (χ1) is 23.2. The Kier molecular flexibility index (Phi) is 9.23. The van der Waals surface area contributed by atoms with Crippen LogP contribution >= 0.6 is 0 Å². The number of aliphatic hydroxyl groups is 2. The van der Waals surface area contributed by atoms with Crippen molar-refractivity contribution in [3.05, 3.63) is 47.0 Å². The highest BCUT2D eigenvalue weighted by molar-refractivity contribution is 6.00. The van der Waals surface area contributed by atoms with Gasteiger partial charge in [-0.15, -0.1) is 0 Å². The summed E-state index contributed by atoms with van der Waals surface area (Å²) in [5.41, 5.74) is -6.79. The number of allylic oxidation sites excluding steroid dienone is 1. The number of furan rings is 1. The summed E-state index contributed by atoms with van der Waals surface area (Å²) in [6, 6.07) is 1.60. The molecule has 0 radical (unpaired) electrons. The predicted molar refractivity (Wildman–Crippen MR) is 169 cm³/mol. The lowest BCUT2D eigenvalue weighted by Crippen LogP contribution is -2.81. The minimum absolute atomic E-state index is 0.0481. The minimum atomic E-state index is -2.84. The molecule has 0 amide bonds. The highest BCUT2D eigenvalue weighted by Gasteiger charge is 2.80. The van der Waals surface area contributed by atoms with Crippen molar-refractivity contribution in [2.24, 2.45) is 28.1 Å². The van der Waals surface area contributed by atoms with Gasteiger partial charge in [-0.1, -0.05) is 33.8 Å². The molecule has 5 rings (SSSR count). The van der Waals surface area contributed by atoms with Gasteiger partial charge in [-0.3, -0.25) is 14.4 Å². The third-order valence-corrected chi connectivity index (χ3v) is 11.5. The van der Waals surface area contributed by atoms with E-state index in [9.17, 15) is 34.2 Å². The zero-order chi connectivity index (χ0) is 37.3. The maximum absolute atomic E-state index is 15.2. The number of ketones is 1. The standard InChI is InChI=1S/C36H44O14/c1-10-16(2)28(40)50-32-33(5,6)25(24(30(42)45-9)47-17(3)37)35(8)20-11-13-34(7)22(21(20)27(48-18(4)38)36(32,44)31(35)43)23(39)29(41)49-26(34)19-12-14-46-15-19/h10,12,14-15,20,23-27,32,39,44H,11,13H2,1-9H3/b16-10+/t20-,23+,24?,25-,26-,27-,32-,34+,35+,36-/m0/s1. The molecule has 3 aliphatic carbocycles. The number of methoxy groups -OCH3 is 1. The van der Waals surface area contributed by atoms with Gasteiger partial charge in [-0.25, -0.2) is 14.4 Å². The molecule has 0 aromatic carbocycles. The summed E-state index contributed by atoms with van der Waals surface area (Å²) in [6.45, 7) is 11.5. The summed E-state index contributed by atoms with van der Waals surface area (Å²) in [6.07, 6.45) is -3.83. The second kappa shape index (κ2) is 12.5. The van der Waals surface area contributed by atoms with Gasteiger partial charge in [0.1, 0.15) is 12.2 Å². The quantitative estimate of drug-likeness (QED) is 0.182. The second-order valence-electron chi connectivity index (χ2n) is 14.7. The van der Waals surface area contributed by atoms with E-state index < -0.39 is 99.8 Å². The van der Waals surface area contributed by atoms with Gasteiger partial charge in [0, 0.05) is 47.1 Å². The number of cyclic esters (lactones) is 1. The molecule has 2 saturated carbocycles. The normalized spacial score (nSPS) is 36.7. The molecule has 2 heterocycles. The van der Waals surface area contributed by atoms with Gasteiger partial charge in [-0.05, 0) is 49.8 Å². The smallest absolute Gasteiger partial charge is 0.347 e. The van der Waals surface area contributed by atoms with Gasteiger partial charge in [0.05, 0.1) is 19.6 Å². The molecule has 50 heavy (non-hydrogen) atoms. The van der Waals surface area contributed by atoms with Crippen molar-refractivity contribution in [1.29, 1.82) is 0 Å². The minimum Gasteiger partial charge on any atom is -0.472 e. The van der Waals surface area contributed by atoms with E-state index in [1.807, 2.05) is 0 Å². The molecule has 1 aromatic rings. The van der Waals surface area contributed by atoms with Crippen LogP contribution in [0.1, 0.15) is 79.9 Å². The van der Waals surface area contributed by atoms with E-state index in [0.717, 1.165) is 21.0 Å². The number of hydrogen-bond acceptors (Lipinski definition) is 14. The van der Waals surface area contributed by atoms with Crippen molar-refractivity contribution in [2.75, 3.05) is 7.11 Å². The monoisotopic (exact) mass is 700 g/mol. The number of hydrogen-bond donors (Lipinski definition) is 2. The number of carbonyl (C=O) groups excluding carboxylic acids is 6. The molecule has 14 heteroatoms. The Morgan fingerprint density at radius 3 is 2.24 bits per heavy atom. The van der Waals surface area contributed by atoms with Crippen LogP contribution in [0, 0.1) is 28.1 Å². The fraction of sp³-hybridized carbons (Fsp3) is 0.611. The first-order valence-corrected chi connectivity index (χ1v) is 16.4. The Bertz CT molecular complexity index is 1680. The number of esters is 5. The van der Waals surface area contributed by atoms with Gasteiger partial charge in [0.15, 0.2) is 18.0 Å². The van der Waals surface area contributed by atoms with Crippen LogP contribution in [0.2, 0.25) is 0 Å². The molecular formula is C36H44O14. The SMILES string of the molecule is C/C=C(\C)C(=O)O[C@H]1C(C)(C)[C@H](C(OC(C)=O)C(=O)OC)[C@]2(C)C(=O)[C@@]1(O)[C@@H](OC(C)=O)C1=C3[C@@H](O)C(=O)O[C@@H](c4ccoc4)[C@]3(C)CC[C@@H]12. The lowest BCUT2D eigenvalue weighted by atomic mass is 9.38. The van der Waals surface area contributed by atoms with Crippen LogP contribution in [0.4, 0.5) is 0 Å². The van der Waals surface area contributed by atoms with Crippen LogP contribution in [0.5, 0.6) is 0 Å². The number of rotatable bonds is 7. The van der Waals surface area contributed by atoms with Crippen molar-refractivity contribution in [1.82, 2.24) is 0 Å². The summed E-state index contributed by atoms with van der Waals surface area (Å²) >= 11 is 0. The first kappa shape index (κ1) is 37.0. The van der Waals surface area contributed by atoms with Crippen LogP contribution in [-0.4, -0.2) is 83.0 Å². The van der Waals surface area contributed by atoms with Crippen molar-refractivity contribution < 1.29 is 67.1 Å². The van der Waals surface area contributed by atoms with Crippen LogP contribution < -0.4 is 0 Å². The Hall–Kier alpha value is -4.30. The average molecular weight is 701 g/mol. The summed E-state index contributed by atoms with van der Waals surface area (Å²) in [5, 5.41) is 24.7. The fourth-order valence-electron chi connectivity index (χ4n) is 9.42. The summed E-state index contributed by atoms with van der Waals surface area (Å²) in [5.74, 6) is -8.07. The molecule has 1 aliphatic heterocycles. The van der Waals surface area contributed by atoms with Crippen molar-refractivity contribution in [2.45, 2.75) is 104 Å². The van der Waals surface area contributed by atoms with Crippen LogP contribution in [0.15, 0.2) is 45.8 Å². The largest absolute Gasteiger partial charge is 0.472 e. The number of carbonyl (C=O) groups is 6. The molecule has 1 saturated heterocycles. The lowest BCUT2D eigenvalue weighted by molar-refractivity contribution is -0.267. The molecule has 1 unspecified atom stereocenters. The third-order valence-electron chi connectivity index (χ3n) is 11.5. The first-order valence-electron chi connectivity index (χ1n) is 16.4. The molecule has 14 nitrogen and oxygen atoms in total. The van der Waals surface area contributed by atoms with E-state index in [0.29, 0.717) is 5.56 Å². The zero-order valence-corrected chi connectivity index (χ0v) is 29.6. The molecule has 10 atom stereocenters. The van der Waals surface area contributed by atoms with Gasteiger partial charge in [0.25, 0.3) is 0 Å². The summed E-state index contributed by atoms with van der Waals surface area (Å²) in [4.78, 5) is 81.2. The molecular weight excluding hydrogens is 656 g/mol. The number of aliphatic hydroxyl groups excluding tert-OH is 1. The lowest BCUT2D eigenvalue weighted by Gasteiger charge is -2.67. The van der Waals surface area contributed by atoms with Crippen LogP contribution in [0.3, 0.4) is 0 Å². The highest BCUT2D eigenvalue weighted by Crippen LogP contribution is 2.69. The third kappa shape index (κ3) is 5.12. The topological polar surface area (TPSA) is 202 Å². The number of ether oxygens (including phenoxy) is 5. The van der Waals surface area contributed by atoms with Gasteiger partial charge in [0.2, 0.25) is 11.7 Å². The van der Waals surface area contributed by atoms with Gasteiger partial charge < -0.3 is 38.3 Å². The Morgan fingerprint density at radius 2 is 1.70 bits per heavy atom. The van der Waals surface area contributed by atoms with E-state index in [2.05, 4.69) is 0 Å². The Balaban J connectivity index is 1.92. The molecule has 2 N–H and O–H groups in total. The number of Topliss-reactive ketones (excluding diaryl/α,β-unsaturated/α-hetero) is 1. The van der Waals surface area contributed by atoms with Gasteiger partial charge in [-0.2, -0.15) is 0 Å². The van der Waals surface area contributed by atoms with Crippen molar-refractivity contribution in [3.8, 4) is 0 Å². The van der Waals surface area contributed by atoms with Crippen LogP contribution in [0.25, 0.3) is 0 Å². The van der Waals surface area contributed by atoms with Crippen LogP contribution in [-0.2, 0) is 52.5 Å². The summed E-state index contributed by atoms with van der Waals surface area (Å²) < 4.78 is 33.6. The van der Waals surface area contributed by atoms with E-state index in [-0.39, 0.29) is 29.6 Å². The maximum atomic E-state index is 15.2. The maximum Gasteiger partial charge on any atom is 0.347 e. The molecule has 2 bridgehead atoms.